The van der Waals surface area contributed by atoms with Crippen molar-refractivity contribution in [3.63, 3.8) is 0 Å². The minimum absolute atomic E-state index is 0.0933. The van der Waals surface area contributed by atoms with Crippen molar-refractivity contribution >= 4 is 17.2 Å². The summed E-state index contributed by atoms with van der Waals surface area (Å²) >= 11 is 1.38. The first-order valence-electron chi connectivity index (χ1n) is 9.39. The summed E-state index contributed by atoms with van der Waals surface area (Å²) < 4.78 is 0. The van der Waals surface area contributed by atoms with Crippen LogP contribution in [-0.2, 0) is 13.1 Å². The summed E-state index contributed by atoms with van der Waals surface area (Å²) in [6.45, 7) is 7.57. The Hall–Kier alpha value is -2.57. The van der Waals surface area contributed by atoms with E-state index in [-0.39, 0.29) is 5.91 Å². The number of amides is 1. The molecule has 0 radical (unpaired) electrons. The van der Waals surface area contributed by atoms with Crippen LogP contribution in [-0.4, -0.2) is 33.9 Å². The maximum atomic E-state index is 12.8. The Morgan fingerprint density at radius 2 is 1.86 bits per heavy atom. The zero-order chi connectivity index (χ0) is 20.1. The maximum absolute atomic E-state index is 12.8. The third-order valence-corrected chi connectivity index (χ3v) is 5.92. The van der Waals surface area contributed by atoms with Gasteiger partial charge in [-0.05, 0) is 51.1 Å². The number of pyridine rings is 1. The number of hydrogen-bond donors (Lipinski definition) is 1. The van der Waals surface area contributed by atoms with E-state index < -0.39 is 0 Å². The number of nitrogens with zero attached hydrogens (tertiary/aromatic N) is 3. The number of aromatic nitrogens is 2. The summed E-state index contributed by atoms with van der Waals surface area (Å²) in [5.41, 5.74) is 3.89. The molecule has 0 aliphatic rings. The fourth-order valence-electron chi connectivity index (χ4n) is 2.80. The molecule has 1 N–H and O–H groups in total. The Balaban J connectivity index is 1.71. The molecule has 5 nitrogen and oxygen atoms in total. The molecule has 0 bridgehead atoms. The molecule has 6 heteroatoms. The Morgan fingerprint density at radius 1 is 1.14 bits per heavy atom. The van der Waals surface area contributed by atoms with Gasteiger partial charge in [-0.2, -0.15) is 0 Å². The van der Waals surface area contributed by atoms with Crippen LogP contribution in [0.15, 0.2) is 48.7 Å². The number of thiazole rings is 1. The Morgan fingerprint density at radius 3 is 2.54 bits per heavy atom. The number of aryl methyl sites for hydroxylation is 1. The van der Waals surface area contributed by atoms with E-state index in [0.29, 0.717) is 17.5 Å². The molecule has 0 saturated heterocycles. The van der Waals surface area contributed by atoms with Crippen LogP contribution in [0.4, 0.5) is 0 Å². The van der Waals surface area contributed by atoms with Gasteiger partial charge in [-0.15, -0.1) is 11.3 Å². The lowest BCUT2D eigenvalue weighted by Crippen LogP contribution is -2.27. The molecular formula is C22H26N4OS. The van der Waals surface area contributed by atoms with Crippen molar-refractivity contribution in [2.24, 2.45) is 0 Å². The quantitative estimate of drug-likeness (QED) is 0.650. The van der Waals surface area contributed by atoms with E-state index in [0.717, 1.165) is 28.5 Å². The normalized spacial score (nSPS) is 11.2. The van der Waals surface area contributed by atoms with Crippen molar-refractivity contribution in [3.8, 4) is 10.7 Å². The molecule has 0 fully saturated rings. The first-order valence-corrected chi connectivity index (χ1v) is 10.2. The van der Waals surface area contributed by atoms with E-state index in [9.17, 15) is 4.79 Å². The fraction of sp³-hybridized carbons (Fsp3) is 0.318. The second-order valence-corrected chi connectivity index (χ2v) is 8.11. The van der Waals surface area contributed by atoms with Gasteiger partial charge >= 0.3 is 0 Å². The highest BCUT2D eigenvalue weighted by atomic mass is 32.1. The van der Waals surface area contributed by atoms with Gasteiger partial charge in [0.1, 0.15) is 9.88 Å². The average Bonchev–Trinajstić information content (AvgIpc) is 3.09. The molecule has 0 aliphatic carbocycles. The lowest BCUT2D eigenvalue weighted by molar-refractivity contribution is 0.0954. The molecule has 1 amide bonds. The number of carbonyl (C=O) groups is 1. The third-order valence-electron chi connectivity index (χ3n) is 4.75. The lowest BCUT2D eigenvalue weighted by Gasteiger charge is -2.22. The standard InChI is InChI=1S/C22H26N4OS/c1-15(2)26(4)14-18-10-6-5-9-17(18)13-24-21(27)20-16(3)25-22(28-20)19-11-7-8-12-23-19/h5-12,15H,13-14H2,1-4H3,(H,24,27). The van der Waals surface area contributed by atoms with E-state index in [1.54, 1.807) is 6.20 Å². The van der Waals surface area contributed by atoms with Gasteiger partial charge in [-0.3, -0.25) is 14.7 Å². The second kappa shape index (κ2) is 9.08. The van der Waals surface area contributed by atoms with Crippen molar-refractivity contribution in [1.29, 1.82) is 0 Å². The van der Waals surface area contributed by atoms with Crippen LogP contribution in [0.25, 0.3) is 10.7 Å². The lowest BCUT2D eigenvalue weighted by atomic mass is 10.1. The van der Waals surface area contributed by atoms with E-state index >= 15 is 0 Å². The van der Waals surface area contributed by atoms with E-state index in [4.69, 9.17) is 0 Å². The molecule has 0 aliphatic heterocycles. The number of hydrogen-bond acceptors (Lipinski definition) is 5. The summed E-state index contributed by atoms with van der Waals surface area (Å²) in [4.78, 5) is 24.5. The van der Waals surface area contributed by atoms with Crippen LogP contribution in [0.5, 0.6) is 0 Å². The van der Waals surface area contributed by atoms with Gasteiger partial charge in [0.25, 0.3) is 5.91 Å². The van der Waals surface area contributed by atoms with Gasteiger partial charge in [0.05, 0.1) is 11.4 Å². The van der Waals surface area contributed by atoms with Crippen molar-refractivity contribution in [1.82, 2.24) is 20.2 Å². The zero-order valence-electron chi connectivity index (χ0n) is 16.8. The highest BCUT2D eigenvalue weighted by molar-refractivity contribution is 7.17. The summed E-state index contributed by atoms with van der Waals surface area (Å²) in [5.74, 6) is -0.0933. The van der Waals surface area contributed by atoms with Crippen LogP contribution in [0, 0.1) is 6.92 Å². The van der Waals surface area contributed by atoms with Gasteiger partial charge in [0.15, 0.2) is 0 Å². The first-order chi connectivity index (χ1) is 13.5. The molecule has 0 saturated carbocycles. The number of carbonyl (C=O) groups excluding carboxylic acids is 1. The van der Waals surface area contributed by atoms with Crippen molar-refractivity contribution in [2.75, 3.05) is 7.05 Å². The van der Waals surface area contributed by atoms with E-state index in [2.05, 4.69) is 53.2 Å². The van der Waals surface area contributed by atoms with Crippen LogP contribution in [0.1, 0.15) is 40.3 Å². The molecule has 2 heterocycles. The maximum Gasteiger partial charge on any atom is 0.263 e. The van der Waals surface area contributed by atoms with Gasteiger partial charge < -0.3 is 5.32 Å². The predicted octanol–water partition coefficient (Wildman–Crippen LogP) is 4.28. The number of benzene rings is 1. The van der Waals surface area contributed by atoms with Crippen molar-refractivity contribution in [2.45, 2.75) is 39.9 Å². The van der Waals surface area contributed by atoms with Crippen molar-refractivity contribution in [3.05, 3.63) is 70.4 Å². The molecule has 1 aromatic carbocycles. The summed E-state index contributed by atoms with van der Waals surface area (Å²) in [7, 11) is 2.11. The van der Waals surface area contributed by atoms with Crippen LogP contribution < -0.4 is 5.32 Å². The SMILES string of the molecule is Cc1nc(-c2ccccn2)sc1C(=O)NCc1ccccc1CN(C)C(C)C. The molecule has 0 unspecified atom stereocenters. The second-order valence-electron chi connectivity index (χ2n) is 7.11. The van der Waals surface area contributed by atoms with Crippen LogP contribution >= 0.6 is 11.3 Å². The van der Waals surface area contributed by atoms with Gasteiger partial charge in [-0.25, -0.2) is 4.98 Å². The molecule has 2 aromatic heterocycles. The van der Waals surface area contributed by atoms with Gasteiger partial charge in [-0.1, -0.05) is 30.3 Å². The highest BCUT2D eigenvalue weighted by Gasteiger charge is 2.17. The minimum Gasteiger partial charge on any atom is -0.347 e. The summed E-state index contributed by atoms with van der Waals surface area (Å²) in [5, 5.41) is 3.82. The molecule has 3 rings (SSSR count). The molecule has 146 valence electrons. The number of nitrogens with one attached hydrogen (secondary N) is 1. The average molecular weight is 395 g/mol. The zero-order valence-corrected chi connectivity index (χ0v) is 17.6. The third kappa shape index (κ3) is 4.82. The Labute approximate surface area is 170 Å². The predicted molar refractivity (Wildman–Crippen MR) is 114 cm³/mol. The van der Waals surface area contributed by atoms with Gasteiger partial charge in [0, 0.05) is 25.3 Å². The largest absolute Gasteiger partial charge is 0.347 e. The molecule has 0 atom stereocenters. The number of rotatable bonds is 7. The van der Waals surface area contributed by atoms with E-state index in [1.807, 2.05) is 37.3 Å². The first kappa shape index (κ1) is 20.2. The fourth-order valence-corrected chi connectivity index (χ4v) is 3.76. The van der Waals surface area contributed by atoms with Gasteiger partial charge in [0.2, 0.25) is 0 Å². The molecule has 0 spiro atoms. The van der Waals surface area contributed by atoms with E-state index in [1.165, 1.54) is 16.9 Å². The Bertz CT molecular complexity index is 937. The molecular weight excluding hydrogens is 368 g/mol. The highest BCUT2D eigenvalue weighted by Crippen LogP contribution is 2.26. The van der Waals surface area contributed by atoms with Crippen molar-refractivity contribution < 1.29 is 4.79 Å². The monoisotopic (exact) mass is 394 g/mol. The Kier molecular flexibility index (Phi) is 6.54. The summed E-state index contributed by atoms with van der Waals surface area (Å²) in [6, 6.07) is 14.4. The summed E-state index contributed by atoms with van der Waals surface area (Å²) in [6.07, 6.45) is 1.73. The van der Waals surface area contributed by atoms with Crippen LogP contribution in [0.2, 0.25) is 0 Å². The molecule has 28 heavy (non-hydrogen) atoms. The smallest absolute Gasteiger partial charge is 0.263 e. The topological polar surface area (TPSA) is 58.1 Å². The van der Waals surface area contributed by atoms with Crippen LogP contribution in [0.3, 0.4) is 0 Å². The minimum atomic E-state index is -0.0933. The molecule has 3 aromatic rings.